The number of hydrogen-bond donors (Lipinski definition) is 0. The molecule has 0 radical (unpaired) electrons. The molecule has 0 saturated heterocycles. The molecule has 3 aromatic rings. The molecule has 34 heavy (non-hydrogen) atoms. The van der Waals surface area contributed by atoms with Gasteiger partial charge in [0.15, 0.2) is 5.76 Å². The summed E-state index contributed by atoms with van der Waals surface area (Å²) in [6.45, 7) is 16.3. The maximum absolute atomic E-state index is 13.3. The van der Waals surface area contributed by atoms with Crippen molar-refractivity contribution < 1.29 is 9.21 Å². The molecule has 3 heteroatoms. The molecule has 180 valence electrons. The van der Waals surface area contributed by atoms with Gasteiger partial charge in [-0.15, -0.1) is 0 Å². The lowest BCUT2D eigenvalue weighted by Gasteiger charge is -2.42. The zero-order valence-electron chi connectivity index (χ0n) is 21.9. The zero-order chi connectivity index (χ0) is 24.7. The fraction of sp³-hybridized carbons (Fsp3) is 0.452. The first-order valence-electron chi connectivity index (χ1n) is 12.6. The van der Waals surface area contributed by atoms with Crippen molar-refractivity contribution in [2.75, 3.05) is 0 Å². The molecule has 3 nitrogen and oxygen atoms in total. The summed E-state index contributed by atoms with van der Waals surface area (Å²) < 4.78 is 6.12. The second-order valence-corrected chi connectivity index (χ2v) is 11.5. The van der Waals surface area contributed by atoms with Crippen molar-refractivity contribution in [3.63, 3.8) is 0 Å². The molecule has 0 bridgehead atoms. The predicted octanol–water partition coefficient (Wildman–Crippen LogP) is 7.58. The number of nitrogens with zero attached hydrogens (tertiary/aromatic N) is 1. The second kappa shape index (κ2) is 9.09. The van der Waals surface area contributed by atoms with Gasteiger partial charge in [-0.3, -0.25) is 4.79 Å². The van der Waals surface area contributed by atoms with E-state index in [1.165, 1.54) is 35.1 Å². The van der Waals surface area contributed by atoms with Crippen LogP contribution in [0.3, 0.4) is 0 Å². The van der Waals surface area contributed by atoms with Crippen LogP contribution in [0, 0.1) is 6.92 Å². The topological polar surface area (TPSA) is 33.5 Å². The molecule has 1 heterocycles. The largest absolute Gasteiger partial charge is 0.456 e. The maximum atomic E-state index is 13.3. The number of furan rings is 1. The number of carbonyl (C=O) groups excluding carboxylic acids is 1. The lowest BCUT2D eigenvalue weighted by molar-refractivity contribution is 0.0656. The van der Waals surface area contributed by atoms with E-state index in [4.69, 9.17) is 4.42 Å². The molecular weight excluding hydrogens is 418 g/mol. The molecule has 1 aromatic heterocycles. The Kier molecular flexibility index (Phi) is 6.50. The number of aryl methyl sites for hydroxylation is 1. The fourth-order valence-corrected chi connectivity index (χ4v) is 5.14. The van der Waals surface area contributed by atoms with E-state index in [9.17, 15) is 4.79 Å². The predicted molar refractivity (Wildman–Crippen MR) is 139 cm³/mol. The van der Waals surface area contributed by atoms with Gasteiger partial charge in [0.1, 0.15) is 5.76 Å². The van der Waals surface area contributed by atoms with E-state index in [0.29, 0.717) is 18.7 Å². The minimum atomic E-state index is -0.0600. The highest BCUT2D eigenvalue weighted by Crippen LogP contribution is 2.46. The summed E-state index contributed by atoms with van der Waals surface area (Å²) in [7, 11) is 0. The van der Waals surface area contributed by atoms with Gasteiger partial charge in [-0.05, 0) is 84.4 Å². The highest BCUT2D eigenvalue weighted by atomic mass is 16.4. The fourth-order valence-electron chi connectivity index (χ4n) is 5.14. The van der Waals surface area contributed by atoms with E-state index >= 15 is 0 Å². The minimum absolute atomic E-state index is 0.0600. The molecule has 2 aromatic carbocycles. The van der Waals surface area contributed by atoms with Crippen LogP contribution < -0.4 is 0 Å². The standard InChI is InChI=1S/C31H39NO2/c1-21(2)32(20-23-11-9-8-10-12-23)29(33)28-14-13-25(34-28)18-24-19-27-26(17-22(24)3)30(4,5)15-16-31(27,6)7/h8-14,17,19,21H,15-16,18,20H2,1-7H3. The van der Waals surface area contributed by atoms with Gasteiger partial charge in [0.2, 0.25) is 0 Å². The number of benzene rings is 2. The van der Waals surface area contributed by atoms with Gasteiger partial charge in [0.25, 0.3) is 5.91 Å². The molecule has 0 aliphatic heterocycles. The van der Waals surface area contributed by atoms with E-state index < -0.39 is 0 Å². The average Bonchev–Trinajstić information content (AvgIpc) is 3.25. The molecule has 0 fully saturated rings. The van der Waals surface area contributed by atoms with Gasteiger partial charge < -0.3 is 9.32 Å². The Labute approximate surface area is 205 Å². The van der Waals surface area contributed by atoms with Crippen LogP contribution in [-0.4, -0.2) is 16.8 Å². The van der Waals surface area contributed by atoms with Crippen molar-refractivity contribution >= 4 is 5.91 Å². The Morgan fingerprint density at radius 2 is 1.56 bits per heavy atom. The molecule has 1 amide bonds. The summed E-state index contributed by atoms with van der Waals surface area (Å²) in [6, 6.07) is 18.8. The van der Waals surface area contributed by atoms with Crippen LogP contribution in [0.15, 0.2) is 59.0 Å². The van der Waals surface area contributed by atoms with Crippen molar-refractivity contribution in [3.05, 3.63) is 93.9 Å². The molecule has 0 N–H and O–H groups in total. The molecule has 0 atom stereocenters. The maximum Gasteiger partial charge on any atom is 0.290 e. The van der Waals surface area contributed by atoms with Gasteiger partial charge in [-0.25, -0.2) is 0 Å². The van der Waals surface area contributed by atoms with Crippen LogP contribution >= 0.6 is 0 Å². The summed E-state index contributed by atoms with van der Waals surface area (Å²) in [5.74, 6) is 1.19. The Balaban J connectivity index is 1.58. The van der Waals surface area contributed by atoms with Crippen LogP contribution in [0.4, 0.5) is 0 Å². The van der Waals surface area contributed by atoms with E-state index in [2.05, 4.69) is 58.9 Å². The first-order chi connectivity index (χ1) is 16.0. The van der Waals surface area contributed by atoms with Crippen LogP contribution in [0.25, 0.3) is 0 Å². The summed E-state index contributed by atoms with van der Waals surface area (Å²) in [4.78, 5) is 15.2. The summed E-state index contributed by atoms with van der Waals surface area (Å²) in [6.07, 6.45) is 3.11. The average molecular weight is 458 g/mol. The minimum Gasteiger partial charge on any atom is -0.456 e. The highest BCUT2D eigenvalue weighted by Gasteiger charge is 2.37. The third-order valence-electron chi connectivity index (χ3n) is 7.63. The first kappa shape index (κ1) is 24.3. The first-order valence-corrected chi connectivity index (χ1v) is 12.6. The van der Waals surface area contributed by atoms with Crippen LogP contribution in [-0.2, 0) is 23.8 Å². The van der Waals surface area contributed by atoms with Gasteiger partial charge >= 0.3 is 0 Å². The van der Waals surface area contributed by atoms with E-state index in [-0.39, 0.29) is 22.8 Å². The normalized spacial score (nSPS) is 16.4. The number of carbonyl (C=O) groups is 1. The number of hydrogen-bond acceptors (Lipinski definition) is 2. The quantitative estimate of drug-likeness (QED) is 0.382. The van der Waals surface area contributed by atoms with Crippen molar-refractivity contribution in [3.8, 4) is 0 Å². The number of amides is 1. The molecule has 4 rings (SSSR count). The molecule has 0 unspecified atom stereocenters. The Bertz CT molecular complexity index is 1170. The zero-order valence-corrected chi connectivity index (χ0v) is 21.9. The van der Waals surface area contributed by atoms with Gasteiger partial charge in [0, 0.05) is 19.0 Å². The lowest BCUT2D eigenvalue weighted by Crippen LogP contribution is -2.36. The molecular formula is C31H39NO2. The number of fused-ring (bicyclic) bond motifs is 1. The third kappa shape index (κ3) is 4.85. The SMILES string of the molecule is Cc1cc2c(cc1Cc1ccc(C(=O)N(Cc3ccccc3)C(C)C)o1)C(C)(C)CCC2(C)C. The van der Waals surface area contributed by atoms with E-state index in [1.54, 1.807) is 0 Å². The Morgan fingerprint density at radius 1 is 0.941 bits per heavy atom. The smallest absolute Gasteiger partial charge is 0.290 e. The lowest BCUT2D eigenvalue weighted by atomic mass is 9.62. The van der Waals surface area contributed by atoms with Crippen molar-refractivity contribution in [2.45, 2.75) is 91.1 Å². The van der Waals surface area contributed by atoms with Crippen molar-refractivity contribution in [2.24, 2.45) is 0 Å². The summed E-state index contributed by atoms with van der Waals surface area (Å²) in [5.41, 5.74) is 7.01. The summed E-state index contributed by atoms with van der Waals surface area (Å²) >= 11 is 0. The third-order valence-corrected chi connectivity index (χ3v) is 7.63. The van der Waals surface area contributed by atoms with Crippen molar-refractivity contribution in [1.82, 2.24) is 4.90 Å². The van der Waals surface area contributed by atoms with E-state index in [0.717, 1.165) is 11.3 Å². The molecule has 1 aliphatic carbocycles. The Morgan fingerprint density at radius 3 is 2.18 bits per heavy atom. The van der Waals surface area contributed by atoms with Gasteiger partial charge in [-0.2, -0.15) is 0 Å². The van der Waals surface area contributed by atoms with Gasteiger partial charge in [0.05, 0.1) is 0 Å². The van der Waals surface area contributed by atoms with Crippen LogP contribution in [0.5, 0.6) is 0 Å². The summed E-state index contributed by atoms with van der Waals surface area (Å²) in [5, 5.41) is 0. The van der Waals surface area contributed by atoms with E-state index in [1.807, 2.05) is 49.1 Å². The second-order valence-electron chi connectivity index (χ2n) is 11.5. The Hall–Kier alpha value is -2.81. The monoisotopic (exact) mass is 457 g/mol. The molecule has 1 aliphatic rings. The highest BCUT2D eigenvalue weighted by molar-refractivity contribution is 5.91. The van der Waals surface area contributed by atoms with Crippen LogP contribution in [0.2, 0.25) is 0 Å². The van der Waals surface area contributed by atoms with Crippen LogP contribution in [0.1, 0.15) is 98.5 Å². The van der Waals surface area contributed by atoms with Crippen molar-refractivity contribution in [1.29, 1.82) is 0 Å². The molecule has 0 saturated carbocycles. The number of rotatable bonds is 6. The molecule has 0 spiro atoms. The van der Waals surface area contributed by atoms with Gasteiger partial charge in [-0.1, -0.05) is 70.2 Å².